The quantitative estimate of drug-likeness (QED) is 0.168. The topological polar surface area (TPSA) is 129 Å². The number of benzene rings is 4. The van der Waals surface area contributed by atoms with Crippen molar-refractivity contribution in [2.24, 2.45) is 11.7 Å². The van der Waals surface area contributed by atoms with Gasteiger partial charge in [-0.15, -0.1) is 0 Å². The SMILES string of the molecule is CC(C)[C@H](NC(=O)OCc1ccccc1)C(=O)N[C@H](Cc1ccc(OCc2ccccc2)c(OCc2ccccc2)c1)C(N)=O. The first-order valence-corrected chi connectivity index (χ1v) is 14.8. The Morgan fingerprint density at radius 2 is 1.16 bits per heavy atom. The minimum absolute atomic E-state index is 0.0583. The highest BCUT2D eigenvalue weighted by Gasteiger charge is 2.29. The zero-order valence-electron chi connectivity index (χ0n) is 25.5. The van der Waals surface area contributed by atoms with E-state index >= 15 is 0 Å². The summed E-state index contributed by atoms with van der Waals surface area (Å²) in [6.45, 7) is 4.28. The van der Waals surface area contributed by atoms with Crippen molar-refractivity contribution in [1.29, 1.82) is 0 Å². The van der Waals surface area contributed by atoms with Crippen molar-refractivity contribution in [2.75, 3.05) is 0 Å². The Kier molecular flexibility index (Phi) is 12.0. The Labute approximate surface area is 263 Å². The lowest BCUT2D eigenvalue weighted by molar-refractivity contribution is -0.129. The number of primary amides is 1. The lowest BCUT2D eigenvalue weighted by Crippen LogP contribution is -2.55. The Morgan fingerprint density at radius 1 is 0.644 bits per heavy atom. The van der Waals surface area contributed by atoms with Crippen molar-refractivity contribution in [3.05, 3.63) is 131 Å². The summed E-state index contributed by atoms with van der Waals surface area (Å²) < 4.78 is 17.5. The summed E-state index contributed by atoms with van der Waals surface area (Å²) in [5.74, 6) is -0.523. The van der Waals surface area contributed by atoms with Crippen molar-refractivity contribution in [3.8, 4) is 11.5 Å². The van der Waals surface area contributed by atoms with Gasteiger partial charge in [-0.2, -0.15) is 0 Å². The second-order valence-corrected chi connectivity index (χ2v) is 10.9. The molecule has 4 aromatic rings. The third-order valence-electron chi connectivity index (χ3n) is 7.02. The number of alkyl carbamates (subject to hydrolysis) is 1. The molecule has 0 saturated carbocycles. The molecule has 0 heterocycles. The third-order valence-corrected chi connectivity index (χ3v) is 7.02. The Bertz CT molecular complexity index is 1530. The molecule has 9 heteroatoms. The number of nitrogens with two attached hydrogens (primary N) is 1. The maximum absolute atomic E-state index is 13.3. The first-order valence-electron chi connectivity index (χ1n) is 14.8. The number of ether oxygens (including phenoxy) is 3. The molecule has 2 atom stereocenters. The van der Waals surface area contributed by atoms with Gasteiger partial charge >= 0.3 is 6.09 Å². The lowest BCUT2D eigenvalue weighted by atomic mass is 10.0. The summed E-state index contributed by atoms with van der Waals surface area (Å²) in [4.78, 5) is 38.2. The zero-order valence-corrected chi connectivity index (χ0v) is 25.5. The molecule has 0 unspecified atom stereocenters. The summed E-state index contributed by atoms with van der Waals surface area (Å²) in [5.41, 5.74) is 9.21. The summed E-state index contributed by atoms with van der Waals surface area (Å²) in [6, 6.07) is 32.1. The van der Waals surface area contributed by atoms with Crippen LogP contribution in [-0.4, -0.2) is 30.0 Å². The molecule has 0 radical (unpaired) electrons. The van der Waals surface area contributed by atoms with E-state index in [-0.39, 0.29) is 18.9 Å². The fourth-order valence-electron chi connectivity index (χ4n) is 4.53. The molecular weight excluding hydrogens is 570 g/mol. The maximum Gasteiger partial charge on any atom is 0.408 e. The Balaban J connectivity index is 1.44. The van der Waals surface area contributed by atoms with Gasteiger partial charge in [-0.3, -0.25) is 9.59 Å². The van der Waals surface area contributed by atoms with Crippen molar-refractivity contribution >= 4 is 17.9 Å². The minimum atomic E-state index is -1.04. The molecule has 4 aromatic carbocycles. The van der Waals surface area contributed by atoms with Gasteiger partial charge in [0.25, 0.3) is 0 Å². The van der Waals surface area contributed by atoms with Crippen LogP contribution in [0.15, 0.2) is 109 Å². The molecule has 4 N–H and O–H groups in total. The number of amides is 3. The zero-order chi connectivity index (χ0) is 32.0. The number of hydrogen-bond acceptors (Lipinski definition) is 6. The van der Waals surface area contributed by atoms with E-state index < -0.39 is 30.0 Å². The molecule has 0 fully saturated rings. The summed E-state index contributed by atoms with van der Waals surface area (Å²) in [7, 11) is 0. The summed E-state index contributed by atoms with van der Waals surface area (Å²) in [6.07, 6.45) is -0.639. The lowest BCUT2D eigenvalue weighted by Gasteiger charge is -2.24. The second-order valence-electron chi connectivity index (χ2n) is 10.9. The van der Waals surface area contributed by atoms with Gasteiger partial charge in [0.2, 0.25) is 11.8 Å². The molecule has 0 aliphatic heterocycles. The van der Waals surface area contributed by atoms with Gasteiger partial charge in [0.15, 0.2) is 11.5 Å². The molecule has 0 aliphatic rings. The number of hydrogen-bond donors (Lipinski definition) is 3. The Hall–Kier alpha value is -5.31. The van der Waals surface area contributed by atoms with Gasteiger partial charge in [0.1, 0.15) is 31.9 Å². The molecule has 3 amide bonds. The van der Waals surface area contributed by atoms with Crippen LogP contribution in [-0.2, 0) is 40.6 Å². The van der Waals surface area contributed by atoms with E-state index in [4.69, 9.17) is 19.9 Å². The molecule has 45 heavy (non-hydrogen) atoms. The molecule has 4 rings (SSSR count). The van der Waals surface area contributed by atoms with Gasteiger partial charge in [0.05, 0.1) is 0 Å². The van der Waals surface area contributed by atoms with Gasteiger partial charge in [-0.25, -0.2) is 4.79 Å². The maximum atomic E-state index is 13.3. The van der Waals surface area contributed by atoms with Gasteiger partial charge in [-0.05, 0) is 40.3 Å². The molecule has 0 bridgehead atoms. The highest BCUT2D eigenvalue weighted by molar-refractivity contribution is 5.91. The van der Waals surface area contributed by atoms with Crippen LogP contribution >= 0.6 is 0 Å². The van der Waals surface area contributed by atoms with Crippen LogP contribution in [0.5, 0.6) is 11.5 Å². The van der Waals surface area contributed by atoms with Crippen molar-refractivity contribution < 1.29 is 28.6 Å². The summed E-state index contributed by atoms with van der Waals surface area (Å²) >= 11 is 0. The Morgan fingerprint density at radius 3 is 1.67 bits per heavy atom. The fraction of sp³-hybridized carbons (Fsp3) is 0.250. The number of carbonyl (C=O) groups is 3. The minimum Gasteiger partial charge on any atom is -0.485 e. The highest BCUT2D eigenvalue weighted by Crippen LogP contribution is 2.30. The number of nitrogens with one attached hydrogen (secondary N) is 2. The molecule has 234 valence electrons. The third kappa shape index (κ3) is 10.4. The van der Waals surface area contributed by atoms with Crippen molar-refractivity contribution in [3.63, 3.8) is 0 Å². The molecule has 0 aromatic heterocycles. The first-order chi connectivity index (χ1) is 21.8. The fourth-order valence-corrected chi connectivity index (χ4v) is 4.53. The molecule has 0 saturated heterocycles. The van der Waals surface area contributed by atoms with E-state index in [2.05, 4.69) is 10.6 Å². The van der Waals surface area contributed by atoms with Gasteiger partial charge in [0, 0.05) is 6.42 Å². The molecule has 0 spiro atoms. The average Bonchev–Trinajstić information content (AvgIpc) is 3.05. The number of carbonyl (C=O) groups excluding carboxylic acids is 3. The van der Waals surface area contributed by atoms with E-state index in [1.165, 1.54) is 0 Å². The number of rotatable bonds is 15. The van der Waals surface area contributed by atoms with E-state index in [1.807, 2.05) is 91.0 Å². The van der Waals surface area contributed by atoms with Gasteiger partial charge in [-0.1, -0.05) is 111 Å². The van der Waals surface area contributed by atoms with Crippen LogP contribution in [0.25, 0.3) is 0 Å². The van der Waals surface area contributed by atoms with Crippen LogP contribution in [0, 0.1) is 5.92 Å². The van der Waals surface area contributed by atoms with Crippen molar-refractivity contribution in [1.82, 2.24) is 10.6 Å². The van der Waals surface area contributed by atoms with Gasteiger partial charge < -0.3 is 30.6 Å². The van der Waals surface area contributed by atoms with E-state index in [0.717, 1.165) is 16.7 Å². The summed E-state index contributed by atoms with van der Waals surface area (Å²) in [5, 5.41) is 5.32. The van der Waals surface area contributed by atoms with E-state index in [1.54, 1.807) is 32.0 Å². The van der Waals surface area contributed by atoms with E-state index in [9.17, 15) is 14.4 Å². The monoisotopic (exact) mass is 609 g/mol. The van der Waals surface area contributed by atoms with Crippen LogP contribution < -0.4 is 25.8 Å². The van der Waals surface area contributed by atoms with Crippen LogP contribution in [0.4, 0.5) is 4.79 Å². The molecular formula is C36H39N3O6. The van der Waals surface area contributed by atoms with E-state index in [0.29, 0.717) is 30.3 Å². The van der Waals surface area contributed by atoms with Crippen molar-refractivity contribution in [2.45, 2.75) is 52.2 Å². The largest absolute Gasteiger partial charge is 0.485 e. The first kappa shape index (κ1) is 32.6. The molecule has 9 nitrogen and oxygen atoms in total. The van der Waals surface area contributed by atoms with Crippen LogP contribution in [0.1, 0.15) is 36.1 Å². The molecule has 0 aliphatic carbocycles. The van der Waals surface area contributed by atoms with Crippen LogP contribution in [0.2, 0.25) is 0 Å². The van der Waals surface area contributed by atoms with Crippen LogP contribution in [0.3, 0.4) is 0 Å². The average molecular weight is 610 g/mol. The smallest absolute Gasteiger partial charge is 0.408 e. The normalized spacial score (nSPS) is 12.1. The predicted octanol–water partition coefficient (Wildman–Crippen LogP) is 5.31. The second kappa shape index (κ2) is 16.5. The highest BCUT2D eigenvalue weighted by atomic mass is 16.5. The standard InChI is InChI=1S/C36H39N3O6/c1-25(2)33(39-36(42)45-24-28-16-10-5-11-17-28)35(41)38-30(34(37)40)20-29-18-19-31(43-22-26-12-6-3-7-13-26)32(21-29)44-23-27-14-8-4-9-15-27/h3-19,21,25,30,33H,20,22-24H2,1-2H3,(H2,37,40)(H,38,41)(H,39,42)/t30-,33+/m1/s1. The predicted molar refractivity (Wildman–Crippen MR) is 171 cm³/mol.